The van der Waals surface area contributed by atoms with Crippen molar-refractivity contribution in [1.82, 2.24) is 15.6 Å². The van der Waals surface area contributed by atoms with Crippen molar-refractivity contribution in [3.05, 3.63) is 59.8 Å². The number of amidine groups is 1. The number of aromatic nitrogens is 1. The van der Waals surface area contributed by atoms with Crippen molar-refractivity contribution in [2.45, 2.75) is 58.1 Å². The zero-order valence-electron chi connectivity index (χ0n) is 22.0. The lowest BCUT2D eigenvalue weighted by Crippen LogP contribution is -2.40. The molecule has 3 rings (SSSR count). The van der Waals surface area contributed by atoms with E-state index in [-0.39, 0.29) is 6.03 Å². The van der Waals surface area contributed by atoms with Crippen LogP contribution < -0.4 is 16.0 Å². The van der Waals surface area contributed by atoms with Gasteiger partial charge in [-0.05, 0) is 64.3 Å². The monoisotopic (exact) mass is 487 g/mol. The SMILES string of the molecule is C#CC(C)(N=C(C)NC(=O)NCCc1ccc2c(n1)NCCC2)C1=CC=CC(C)(OC)C#C1.C=CC. The molecule has 0 saturated heterocycles. The summed E-state index contributed by atoms with van der Waals surface area (Å²) >= 11 is 0. The molecule has 190 valence electrons. The van der Waals surface area contributed by atoms with E-state index in [4.69, 9.17) is 11.2 Å². The first-order valence-electron chi connectivity index (χ1n) is 12.1. The molecule has 0 spiro atoms. The van der Waals surface area contributed by atoms with Crippen molar-refractivity contribution in [1.29, 1.82) is 0 Å². The van der Waals surface area contributed by atoms with Gasteiger partial charge < -0.3 is 15.4 Å². The van der Waals surface area contributed by atoms with E-state index in [1.165, 1.54) is 5.56 Å². The van der Waals surface area contributed by atoms with Crippen LogP contribution in [0.1, 0.15) is 45.4 Å². The third kappa shape index (κ3) is 8.15. The number of carbonyl (C=O) groups excluding carboxylic acids is 1. The maximum Gasteiger partial charge on any atom is 0.320 e. The van der Waals surface area contributed by atoms with Crippen LogP contribution in [0.15, 0.2) is 53.6 Å². The smallest absolute Gasteiger partial charge is 0.320 e. The number of hydrogen-bond acceptors (Lipinski definition) is 5. The number of carbonyl (C=O) groups is 1. The number of ether oxygens (including phenoxy) is 1. The Bertz CT molecular complexity index is 1150. The molecule has 7 nitrogen and oxygen atoms in total. The molecule has 2 unspecified atom stereocenters. The third-order valence-corrected chi connectivity index (χ3v) is 5.66. The average molecular weight is 488 g/mol. The van der Waals surface area contributed by atoms with Crippen LogP contribution in [-0.2, 0) is 17.6 Å². The summed E-state index contributed by atoms with van der Waals surface area (Å²) in [6.45, 7) is 12.0. The summed E-state index contributed by atoms with van der Waals surface area (Å²) < 4.78 is 5.43. The standard InChI is InChI=1S/C26H31N5O2.C3H6/c1-6-26(4,21-10-7-15-25(3,33-5)16-13-21)31-19(2)29-24(32)28-18-14-22-12-11-20-9-8-17-27-23(20)30-22;1-3-2/h1,7,10-12,15H,8-9,14,17-18H2,2-5H3,(H,27,30)(H2,28,29,31,32);3H,1H2,2H3. The van der Waals surface area contributed by atoms with E-state index in [2.05, 4.69) is 56.3 Å². The molecular weight excluding hydrogens is 450 g/mol. The van der Waals surface area contributed by atoms with E-state index in [1.807, 2.05) is 38.1 Å². The minimum atomic E-state index is -1.02. The quantitative estimate of drug-likeness (QED) is 0.243. The molecule has 1 aromatic rings. The number of nitrogens with zero attached hydrogens (tertiary/aromatic N) is 2. The van der Waals surface area contributed by atoms with E-state index < -0.39 is 11.1 Å². The molecule has 1 aliphatic carbocycles. The summed E-state index contributed by atoms with van der Waals surface area (Å²) in [5, 5.41) is 8.91. The molecule has 0 saturated carbocycles. The number of urea groups is 1. The van der Waals surface area contributed by atoms with Gasteiger partial charge >= 0.3 is 6.03 Å². The van der Waals surface area contributed by atoms with Gasteiger partial charge in [-0.1, -0.05) is 36.0 Å². The maximum atomic E-state index is 12.3. The number of methoxy groups -OCH3 is 1. The fourth-order valence-electron chi connectivity index (χ4n) is 3.56. The van der Waals surface area contributed by atoms with Crippen molar-refractivity contribution in [3.63, 3.8) is 0 Å². The molecule has 0 radical (unpaired) electrons. The number of terminal acetylenes is 1. The average Bonchev–Trinajstić information content (AvgIpc) is 3.07. The number of aliphatic imine (C=N–C) groups is 1. The Hall–Kier alpha value is -3.81. The van der Waals surface area contributed by atoms with Crippen LogP contribution in [0.2, 0.25) is 0 Å². The van der Waals surface area contributed by atoms with E-state index in [9.17, 15) is 4.79 Å². The zero-order valence-corrected chi connectivity index (χ0v) is 22.0. The zero-order chi connectivity index (χ0) is 26.6. The molecule has 1 aliphatic heterocycles. The van der Waals surface area contributed by atoms with Crippen LogP contribution in [0.3, 0.4) is 0 Å². The molecule has 2 amide bonds. The number of hydrogen-bond donors (Lipinski definition) is 3. The van der Waals surface area contributed by atoms with E-state index in [0.29, 0.717) is 24.4 Å². The molecule has 2 aliphatic rings. The minimum absolute atomic E-state index is 0.348. The molecule has 36 heavy (non-hydrogen) atoms. The van der Waals surface area contributed by atoms with Crippen molar-refractivity contribution in [2.75, 3.05) is 25.5 Å². The lowest BCUT2D eigenvalue weighted by Gasteiger charge is -2.20. The number of fused-ring (bicyclic) bond motifs is 1. The van der Waals surface area contributed by atoms with Gasteiger partial charge in [0.05, 0.1) is 0 Å². The van der Waals surface area contributed by atoms with Crippen molar-refractivity contribution in [3.8, 4) is 24.2 Å². The maximum absolute atomic E-state index is 12.3. The lowest BCUT2D eigenvalue weighted by atomic mass is 9.93. The number of rotatable bonds is 6. The molecule has 0 fully saturated rings. The predicted octanol–water partition coefficient (Wildman–Crippen LogP) is 4.19. The molecule has 7 heteroatoms. The second kappa shape index (κ2) is 13.3. The highest BCUT2D eigenvalue weighted by atomic mass is 16.5. The summed E-state index contributed by atoms with van der Waals surface area (Å²) in [5.74, 6) is 10.2. The largest absolute Gasteiger partial charge is 0.370 e. The Balaban J connectivity index is 0.00000145. The van der Waals surface area contributed by atoms with Crippen LogP contribution in [0, 0.1) is 24.2 Å². The normalized spacial score (nSPS) is 19.7. The highest BCUT2D eigenvalue weighted by molar-refractivity contribution is 5.96. The van der Waals surface area contributed by atoms with Crippen molar-refractivity contribution >= 4 is 17.7 Å². The Morgan fingerprint density at radius 1 is 1.50 bits per heavy atom. The Kier molecular flexibility index (Phi) is 10.5. The minimum Gasteiger partial charge on any atom is -0.370 e. The first-order valence-corrected chi connectivity index (χ1v) is 12.1. The summed E-state index contributed by atoms with van der Waals surface area (Å²) in [6.07, 6.45) is 15.9. The molecule has 3 N–H and O–H groups in total. The molecule has 0 aromatic carbocycles. The van der Waals surface area contributed by atoms with E-state index in [1.54, 1.807) is 27.0 Å². The summed E-state index contributed by atoms with van der Waals surface area (Å²) in [5.41, 5.74) is 1.12. The van der Waals surface area contributed by atoms with Gasteiger partial charge in [0.25, 0.3) is 0 Å². The Morgan fingerprint density at radius 2 is 2.25 bits per heavy atom. The number of nitrogens with one attached hydrogen (secondary N) is 3. The van der Waals surface area contributed by atoms with Crippen LogP contribution in [0.5, 0.6) is 0 Å². The lowest BCUT2D eigenvalue weighted by molar-refractivity contribution is 0.0991. The molecule has 2 heterocycles. The Labute approximate surface area is 215 Å². The van der Waals surface area contributed by atoms with Gasteiger partial charge in [-0.15, -0.1) is 13.0 Å². The van der Waals surface area contributed by atoms with Crippen LogP contribution >= 0.6 is 0 Å². The van der Waals surface area contributed by atoms with Crippen molar-refractivity contribution in [2.24, 2.45) is 4.99 Å². The number of allylic oxidation sites excluding steroid dienone is 3. The second-order valence-corrected chi connectivity index (χ2v) is 8.79. The fraction of sp³-hybridized carbons (Fsp3) is 0.414. The van der Waals surface area contributed by atoms with Gasteiger partial charge in [0, 0.05) is 37.9 Å². The first kappa shape index (κ1) is 28.4. The number of anilines is 1. The summed E-state index contributed by atoms with van der Waals surface area (Å²) in [7, 11) is 1.60. The topological polar surface area (TPSA) is 87.6 Å². The summed E-state index contributed by atoms with van der Waals surface area (Å²) in [6, 6.07) is 3.78. The van der Waals surface area contributed by atoms with Crippen LogP contribution in [0.25, 0.3) is 0 Å². The summed E-state index contributed by atoms with van der Waals surface area (Å²) in [4.78, 5) is 21.6. The predicted molar refractivity (Wildman–Crippen MR) is 148 cm³/mol. The molecule has 2 atom stereocenters. The second-order valence-electron chi connectivity index (χ2n) is 8.79. The van der Waals surface area contributed by atoms with E-state index in [0.717, 1.165) is 30.9 Å². The van der Waals surface area contributed by atoms with Crippen LogP contribution in [-0.4, -0.2) is 48.2 Å². The van der Waals surface area contributed by atoms with Crippen LogP contribution in [0.4, 0.5) is 10.6 Å². The van der Waals surface area contributed by atoms with Gasteiger partial charge in [-0.2, -0.15) is 0 Å². The van der Waals surface area contributed by atoms with E-state index >= 15 is 0 Å². The van der Waals surface area contributed by atoms with Gasteiger partial charge in [-0.3, -0.25) is 5.32 Å². The number of aryl methyl sites for hydroxylation is 1. The highest BCUT2D eigenvalue weighted by Gasteiger charge is 2.27. The molecule has 1 aromatic heterocycles. The van der Waals surface area contributed by atoms with Crippen molar-refractivity contribution < 1.29 is 9.53 Å². The number of pyridine rings is 1. The number of amides is 2. The van der Waals surface area contributed by atoms with Gasteiger partial charge in [0.2, 0.25) is 0 Å². The molecular formula is C29H37N5O2. The fourth-order valence-corrected chi connectivity index (χ4v) is 3.56. The van der Waals surface area contributed by atoms with Gasteiger partial charge in [0.15, 0.2) is 5.54 Å². The molecule has 0 bridgehead atoms. The Morgan fingerprint density at radius 3 is 2.94 bits per heavy atom. The van der Waals surface area contributed by atoms with Gasteiger partial charge in [-0.25, -0.2) is 14.8 Å². The first-order chi connectivity index (χ1) is 17.2. The third-order valence-electron chi connectivity index (χ3n) is 5.66. The highest BCUT2D eigenvalue weighted by Crippen LogP contribution is 2.24. The van der Waals surface area contributed by atoms with Gasteiger partial charge in [0.1, 0.15) is 17.3 Å².